The van der Waals surface area contributed by atoms with Gasteiger partial charge in [0.15, 0.2) is 0 Å². The van der Waals surface area contributed by atoms with E-state index in [-0.39, 0.29) is 5.75 Å². The number of rotatable bonds is 1. The topological polar surface area (TPSA) is 20.2 Å². The van der Waals surface area contributed by atoms with E-state index in [9.17, 15) is 5.11 Å². The Balaban J connectivity index is 2.59. The first-order chi connectivity index (χ1) is 7.16. The number of benzene rings is 2. The SMILES string of the molecule is Cc1cc(Cl)cc(-c2ccccc2O)c1. The van der Waals surface area contributed by atoms with Gasteiger partial charge in [-0.25, -0.2) is 0 Å². The van der Waals surface area contributed by atoms with E-state index < -0.39 is 0 Å². The predicted molar refractivity (Wildman–Crippen MR) is 63.3 cm³/mol. The Kier molecular flexibility index (Phi) is 2.65. The second kappa shape index (κ2) is 3.95. The molecule has 76 valence electrons. The Bertz CT molecular complexity index is 471. The highest BCUT2D eigenvalue weighted by Crippen LogP contribution is 2.30. The molecule has 2 rings (SSSR count). The molecule has 0 saturated heterocycles. The van der Waals surface area contributed by atoms with Crippen molar-refractivity contribution >= 4 is 11.6 Å². The van der Waals surface area contributed by atoms with E-state index in [2.05, 4.69) is 0 Å². The highest BCUT2D eigenvalue weighted by atomic mass is 35.5. The molecular weight excluding hydrogens is 208 g/mol. The van der Waals surface area contributed by atoms with Crippen molar-refractivity contribution in [2.45, 2.75) is 6.92 Å². The van der Waals surface area contributed by atoms with Gasteiger partial charge in [0.05, 0.1) is 0 Å². The maximum absolute atomic E-state index is 9.70. The van der Waals surface area contributed by atoms with E-state index in [1.807, 2.05) is 37.3 Å². The lowest BCUT2D eigenvalue weighted by Gasteiger charge is -2.06. The third-order valence-electron chi connectivity index (χ3n) is 2.26. The van der Waals surface area contributed by atoms with Crippen LogP contribution in [0.15, 0.2) is 42.5 Å². The van der Waals surface area contributed by atoms with Gasteiger partial charge in [-0.05, 0) is 36.2 Å². The van der Waals surface area contributed by atoms with Crippen molar-refractivity contribution in [2.75, 3.05) is 0 Å². The van der Waals surface area contributed by atoms with Crippen molar-refractivity contribution < 1.29 is 5.11 Å². The van der Waals surface area contributed by atoms with Crippen molar-refractivity contribution in [1.29, 1.82) is 0 Å². The van der Waals surface area contributed by atoms with Crippen LogP contribution >= 0.6 is 11.6 Å². The lowest BCUT2D eigenvalue weighted by molar-refractivity contribution is 0.477. The van der Waals surface area contributed by atoms with E-state index in [1.165, 1.54) is 0 Å². The molecule has 2 heteroatoms. The number of phenols is 1. The Morgan fingerprint density at radius 2 is 1.80 bits per heavy atom. The fourth-order valence-electron chi connectivity index (χ4n) is 1.61. The maximum Gasteiger partial charge on any atom is 0.123 e. The zero-order valence-corrected chi connectivity index (χ0v) is 9.12. The largest absolute Gasteiger partial charge is 0.507 e. The number of aryl methyl sites for hydroxylation is 1. The smallest absolute Gasteiger partial charge is 0.123 e. The number of para-hydroxylation sites is 1. The van der Waals surface area contributed by atoms with Gasteiger partial charge in [-0.1, -0.05) is 35.9 Å². The van der Waals surface area contributed by atoms with E-state index in [4.69, 9.17) is 11.6 Å². The molecule has 0 aliphatic heterocycles. The minimum absolute atomic E-state index is 0.277. The van der Waals surface area contributed by atoms with Crippen LogP contribution in [0.3, 0.4) is 0 Å². The first kappa shape index (κ1) is 10.1. The molecule has 0 atom stereocenters. The molecule has 0 unspecified atom stereocenters. The Morgan fingerprint density at radius 1 is 1.07 bits per heavy atom. The summed E-state index contributed by atoms with van der Waals surface area (Å²) in [5.74, 6) is 0.277. The van der Waals surface area contributed by atoms with Crippen LogP contribution in [-0.4, -0.2) is 5.11 Å². The highest BCUT2D eigenvalue weighted by Gasteiger charge is 2.04. The van der Waals surface area contributed by atoms with Crippen molar-refractivity contribution in [3.05, 3.63) is 53.1 Å². The standard InChI is InChI=1S/C13H11ClO/c1-9-6-10(8-11(14)7-9)12-4-2-3-5-13(12)15/h2-8,15H,1H3. The van der Waals surface area contributed by atoms with E-state index in [0.717, 1.165) is 16.7 Å². The summed E-state index contributed by atoms with van der Waals surface area (Å²) in [6.45, 7) is 1.98. The quantitative estimate of drug-likeness (QED) is 0.767. The molecule has 0 heterocycles. The minimum atomic E-state index is 0.277. The van der Waals surface area contributed by atoms with Gasteiger partial charge in [0.25, 0.3) is 0 Å². The van der Waals surface area contributed by atoms with Crippen LogP contribution in [0.25, 0.3) is 11.1 Å². The van der Waals surface area contributed by atoms with Crippen molar-refractivity contribution in [3.63, 3.8) is 0 Å². The van der Waals surface area contributed by atoms with Crippen molar-refractivity contribution in [3.8, 4) is 16.9 Å². The van der Waals surface area contributed by atoms with Crippen LogP contribution in [0.5, 0.6) is 5.75 Å². The van der Waals surface area contributed by atoms with Crippen LogP contribution in [0.2, 0.25) is 5.02 Å². The summed E-state index contributed by atoms with van der Waals surface area (Å²) in [7, 11) is 0. The summed E-state index contributed by atoms with van der Waals surface area (Å²) >= 11 is 5.97. The number of halogens is 1. The fourth-order valence-corrected chi connectivity index (χ4v) is 1.90. The molecule has 0 fully saturated rings. The summed E-state index contributed by atoms with van der Waals surface area (Å²) in [4.78, 5) is 0. The second-order valence-electron chi connectivity index (χ2n) is 3.53. The third kappa shape index (κ3) is 2.13. The average molecular weight is 219 g/mol. The third-order valence-corrected chi connectivity index (χ3v) is 2.48. The Morgan fingerprint density at radius 3 is 2.47 bits per heavy atom. The van der Waals surface area contributed by atoms with Crippen LogP contribution in [0, 0.1) is 6.92 Å². The fraction of sp³-hybridized carbons (Fsp3) is 0.0769. The molecular formula is C13H11ClO. The Hall–Kier alpha value is -1.47. The summed E-state index contributed by atoms with van der Waals surface area (Å²) < 4.78 is 0. The number of phenolic OH excluding ortho intramolecular Hbond substituents is 1. The van der Waals surface area contributed by atoms with Gasteiger partial charge < -0.3 is 5.11 Å². The number of aromatic hydroxyl groups is 1. The molecule has 0 radical (unpaired) electrons. The van der Waals surface area contributed by atoms with Gasteiger partial charge in [-0.2, -0.15) is 0 Å². The lowest BCUT2D eigenvalue weighted by Crippen LogP contribution is -1.81. The van der Waals surface area contributed by atoms with Crippen LogP contribution in [0.1, 0.15) is 5.56 Å². The van der Waals surface area contributed by atoms with Crippen molar-refractivity contribution in [2.24, 2.45) is 0 Å². The van der Waals surface area contributed by atoms with Crippen molar-refractivity contribution in [1.82, 2.24) is 0 Å². The van der Waals surface area contributed by atoms with Gasteiger partial charge in [-0.3, -0.25) is 0 Å². The lowest BCUT2D eigenvalue weighted by atomic mass is 10.0. The molecule has 0 aliphatic rings. The molecule has 0 spiro atoms. The van der Waals surface area contributed by atoms with Gasteiger partial charge in [0.1, 0.15) is 5.75 Å². The molecule has 1 nitrogen and oxygen atoms in total. The van der Waals surface area contributed by atoms with E-state index in [1.54, 1.807) is 12.1 Å². The molecule has 2 aromatic rings. The molecule has 1 N–H and O–H groups in total. The van der Waals surface area contributed by atoms with Gasteiger partial charge in [-0.15, -0.1) is 0 Å². The van der Waals surface area contributed by atoms with Crippen LogP contribution in [0.4, 0.5) is 0 Å². The maximum atomic E-state index is 9.70. The van der Waals surface area contributed by atoms with E-state index in [0.29, 0.717) is 5.02 Å². The normalized spacial score (nSPS) is 10.3. The summed E-state index contributed by atoms with van der Waals surface area (Å²) in [6.07, 6.45) is 0. The number of hydrogen-bond donors (Lipinski definition) is 1. The molecule has 0 aromatic heterocycles. The summed E-state index contributed by atoms with van der Waals surface area (Å²) in [5, 5.41) is 10.4. The van der Waals surface area contributed by atoms with Gasteiger partial charge in [0.2, 0.25) is 0 Å². The predicted octanol–water partition coefficient (Wildman–Crippen LogP) is 4.02. The molecule has 2 aromatic carbocycles. The Labute approximate surface area is 94.0 Å². The zero-order chi connectivity index (χ0) is 10.8. The average Bonchev–Trinajstić information content (AvgIpc) is 2.16. The molecule has 0 bridgehead atoms. The first-order valence-corrected chi connectivity index (χ1v) is 5.10. The van der Waals surface area contributed by atoms with Crippen LogP contribution in [-0.2, 0) is 0 Å². The van der Waals surface area contributed by atoms with Gasteiger partial charge in [0, 0.05) is 10.6 Å². The molecule has 0 aliphatic carbocycles. The molecule has 15 heavy (non-hydrogen) atoms. The van der Waals surface area contributed by atoms with Gasteiger partial charge >= 0.3 is 0 Å². The first-order valence-electron chi connectivity index (χ1n) is 4.72. The number of hydrogen-bond acceptors (Lipinski definition) is 1. The molecule has 0 saturated carbocycles. The summed E-state index contributed by atoms with van der Waals surface area (Å²) in [6, 6.07) is 13.0. The summed E-state index contributed by atoms with van der Waals surface area (Å²) in [5.41, 5.74) is 2.84. The monoisotopic (exact) mass is 218 g/mol. The zero-order valence-electron chi connectivity index (χ0n) is 8.37. The van der Waals surface area contributed by atoms with Crippen LogP contribution < -0.4 is 0 Å². The second-order valence-corrected chi connectivity index (χ2v) is 3.97. The minimum Gasteiger partial charge on any atom is -0.507 e. The molecule has 0 amide bonds. The highest BCUT2D eigenvalue weighted by molar-refractivity contribution is 6.31. The van der Waals surface area contributed by atoms with E-state index >= 15 is 0 Å².